The van der Waals surface area contributed by atoms with Crippen LogP contribution in [0.1, 0.15) is 71.6 Å². The van der Waals surface area contributed by atoms with E-state index >= 15 is 0 Å². The number of aliphatic imine (C=N–C) groups is 1. The highest BCUT2D eigenvalue weighted by molar-refractivity contribution is 5.78. The van der Waals surface area contributed by atoms with E-state index < -0.39 is 0 Å². The molecule has 6 nitrogen and oxygen atoms in total. The van der Waals surface area contributed by atoms with Crippen LogP contribution in [0.4, 0.5) is 4.79 Å². The molecular weight excluding hydrogens is 304 g/mol. The number of guanidine groups is 1. The van der Waals surface area contributed by atoms with Crippen LogP contribution in [0, 0.1) is 0 Å². The van der Waals surface area contributed by atoms with Gasteiger partial charge < -0.3 is 20.7 Å². The average molecular weight is 341 g/mol. The number of hydrogen-bond donors (Lipinski definition) is 2. The maximum atomic E-state index is 11.6. The van der Waals surface area contributed by atoms with E-state index in [1.54, 1.807) is 4.90 Å². The van der Waals surface area contributed by atoms with E-state index in [2.05, 4.69) is 17.2 Å². The van der Waals surface area contributed by atoms with Gasteiger partial charge in [-0.3, -0.25) is 4.99 Å². The fourth-order valence-corrected chi connectivity index (χ4v) is 2.94. The van der Waals surface area contributed by atoms with Crippen LogP contribution >= 0.6 is 0 Å². The van der Waals surface area contributed by atoms with Crippen LogP contribution in [0.25, 0.3) is 0 Å². The van der Waals surface area contributed by atoms with E-state index in [4.69, 9.17) is 10.5 Å². The van der Waals surface area contributed by atoms with Gasteiger partial charge in [0.15, 0.2) is 5.96 Å². The minimum Gasteiger partial charge on any atom is -0.450 e. The molecule has 0 atom stereocenters. The smallest absolute Gasteiger partial charge is 0.409 e. The van der Waals surface area contributed by atoms with Crippen LogP contribution in [0.5, 0.6) is 0 Å². The zero-order valence-electron chi connectivity index (χ0n) is 15.6. The largest absolute Gasteiger partial charge is 0.450 e. The third-order valence-corrected chi connectivity index (χ3v) is 4.42. The Morgan fingerprint density at radius 1 is 1.12 bits per heavy atom. The van der Waals surface area contributed by atoms with Gasteiger partial charge in [0.05, 0.1) is 6.61 Å². The number of piperidine rings is 1. The third kappa shape index (κ3) is 8.99. The summed E-state index contributed by atoms with van der Waals surface area (Å²) in [6, 6.07) is 0.300. The summed E-state index contributed by atoms with van der Waals surface area (Å²) in [6.07, 6.45) is 10.5. The van der Waals surface area contributed by atoms with Crippen molar-refractivity contribution in [2.75, 3.05) is 26.2 Å². The lowest BCUT2D eigenvalue weighted by Gasteiger charge is -2.31. The quantitative estimate of drug-likeness (QED) is 0.363. The maximum Gasteiger partial charge on any atom is 0.409 e. The molecule has 1 aliphatic rings. The molecule has 1 aliphatic heterocycles. The molecule has 1 heterocycles. The van der Waals surface area contributed by atoms with Crippen LogP contribution in [-0.4, -0.2) is 49.2 Å². The SMILES string of the molecule is CCCCCCCCCN=C(N)NC1CCN(C(=O)OCC)CC1. The number of unbranched alkanes of at least 4 members (excludes halogenated alkanes) is 6. The lowest BCUT2D eigenvalue weighted by atomic mass is 10.1. The number of hydrogen-bond acceptors (Lipinski definition) is 3. The van der Waals surface area contributed by atoms with Crippen LogP contribution in [-0.2, 0) is 4.74 Å². The van der Waals surface area contributed by atoms with Crippen molar-refractivity contribution in [1.29, 1.82) is 0 Å². The van der Waals surface area contributed by atoms with Crippen molar-refractivity contribution in [3.05, 3.63) is 0 Å². The molecule has 140 valence electrons. The number of likely N-dealkylation sites (tertiary alicyclic amines) is 1. The highest BCUT2D eigenvalue weighted by Gasteiger charge is 2.23. The van der Waals surface area contributed by atoms with Crippen molar-refractivity contribution >= 4 is 12.1 Å². The Morgan fingerprint density at radius 3 is 2.38 bits per heavy atom. The molecule has 0 aromatic carbocycles. The zero-order chi connectivity index (χ0) is 17.6. The molecule has 1 fully saturated rings. The number of carbonyl (C=O) groups excluding carboxylic acids is 1. The van der Waals surface area contributed by atoms with Gasteiger partial charge in [-0.15, -0.1) is 0 Å². The molecular formula is C18H36N4O2. The second-order valence-electron chi connectivity index (χ2n) is 6.49. The van der Waals surface area contributed by atoms with Gasteiger partial charge in [0.25, 0.3) is 0 Å². The second kappa shape index (κ2) is 12.9. The maximum absolute atomic E-state index is 11.6. The van der Waals surface area contributed by atoms with Crippen molar-refractivity contribution in [3.63, 3.8) is 0 Å². The predicted octanol–water partition coefficient (Wildman–Crippen LogP) is 3.26. The summed E-state index contributed by atoms with van der Waals surface area (Å²) < 4.78 is 5.02. The summed E-state index contributed by atoms with van der Waals surface area (Å²) in [6.45, 7) is 6.71. The van der Waals surface area contributed by atoms with E-state index in [9.17, 15) is 4.79 Å². The van der Waals surface area contributed by atoms with Crippen LogP contribution in [0.3, 0.4) is 0 Å². The minimum absolute atomic E-state index is 0.212. The molecule has 0 unspecified atom stereocenters. The lowest BCUT2D eigenvalue weighted by Crippen LogP contribution is -2.48. The fraction of sp³-hybridized carbons (Fsp3) is 0.889. The van der Waals surface area contributed by atoms with Crippen LogP contribution < -0.4 is 11.1 Å². The molecule has 3 N–H and O–H groups in total. The first-order valence-electron chi connectivity index (χ1n) is 9.65. The molecule has 0 bridgehead atoms. The lowest BCUT2D eigenvalue weighted by molar-refractivity contribution is 0.0963. The van der Waals surface area contributed by atoms with Crippen LogP contribution in [0.2, 0.25) is 0 Å². The Balaban J connectivity index is 2.08. The van der Waals surface area contributed by atoms with E-state index in [1.165, 1.54) is 38.5 Å². The molecule has 0 aliphatic carbocycles. The van der Waals surface area contributed by atoms with Gasteiger partial charge in [-0.25, -0.2) is 4.79 Å². The van der Waals surface area contributed by atoms with E-state index in [0.717, 1.165) is 25.8 Å². The molecule has 0 spiro atoms. The number of nitrogens with two attached hydrogens (primary N) is 1. The minimum atomic E-state index is -0.212. The second-order valence-corrected chi connectivity index (χ2v) is 6.49. The van der Waals surface area contributed by atoms with Crippen molar-refractivity contribution in [3.8, 4) is 0 Å². The highest BCUT2D eigenvalue weighted by atomic mass is 16.6. The van der Waals surface area contributed by atoms with Crippen molar-refractivity contribution in [1.82, 2.24) is 10.2 Å². The summed E-state index contributed by atoms with van der Waals surface area (Å²) in [5.74, 6) is 0.538. The Kier molecular flexibility index (Phi) is 11.1. The Morgan fingerprint density at radius 2 is 1.75 bits per heavy atom. The van der Waals surface area contributed by atoms with Gasteiger partial charge in [0.1, 0.15) is 0 Å². The topological polar surface area (TPSA) is 80.0 Å². The molecule has 24 heavy (non-hydrogen) atoms. The molecule has 0 radical (unpaired) electrons. The number of ether oxygens (including phenoxy) is 1. The molecule has 0 saturated carbocycles. The molecule has 1 saturated heterocycles. The Labute approximate surface area is 147 Å². The molecule has 1 rings (SSSR count). The van der Waals surface area contributed by atoms with Crippen molar-refractivity contribution in [2.45, 2.75) is 77.7 Å². The number of nitrogens with zero attached hydrogens (tertiary/aromatic N) is 2. The van der Waals surface area contributed by atoms with Gasteiger partial charge >= 0.3 is 6.09 Å². The first-order valence-corrected chi connectivity index (χ1v) is 9.65. The zero-order valence-corrected chi connectivity index (χ0v) is 15.6. The highest BCUT2D eigenvalue weighted by Crippen LogP contribution is 2.11. The first-order chi connectivity index (χ1) is 11.7. The standard InChI is InChI=1S/C18H36N4O2/c1-3-5-6-7-8-9-10-13-20-17(19)21-16-11-14-22(15-12-16)18(23)24-4-2/h16H,3-15H2,1-2H3,(H3,19,20,21). The summed E-state index contributed by atoms with van der Waals surface area (Å²) in [5.41, 5.74) is 5.96. The average Bonchev–Trinajstić information content (AvgIpc) is 2.58. The van der Waals surface area contributed by atoms with E-state index in [0.29, 0.717) is 31.7 Å². The van der Waals surface area contributed by atoms with E-state index in [1.807, 2.05) is 6.92 Å². The van der Waals surface area contributed by atoms with Gasteiger partial charge in [0.2, 0.25) is 0 Å². The number of amides is 1. The Hall–Kier alpha value is -1.46. The Bertz CT molecular complexity index is 366. The molecule has 6 heteroatoms. The van der Waals surface area contributed by atoms with Gasteiger partial charge in [-0.1, -0.05) is 45.4 Å². The van der Waals surface area contributed by atoms with Gasteiger partial charge in [-0.2, -0.15) is 0 Å². The number of carbonyl (C=O) groups is 1. The monoisotopic (exact) mass is 340 g/mol. The van der Waals surface area contributed by atoms with E-state index in [-0.39, 0.29) is 6.09 Å². The summed E-state index contributed by atoms with van der Waals surface area (Å²) in [4.78, 5) is 17.8. The van der Waals surface area contributed by atoms with Crippen molar-refractivity contribution < 1.29 is 9.53 Å². The molecule has 0 aromatic heterocycles. The van der Waals surface area contributed by atoms with Gasteiger partial charge in [-0.05, 0) is 26.2 Å². The normalized spacial score (nSPS) is 16.2. The third-order valence-electron chi connectivity index (χ3n) is 4.42. The fourth-order valence-electron chi connectivity index (χ4n) is 2.94. The van der Waals surface area contributed by atoms with Gasteiger partial charge in [0, 0.05) is 25.7 Å². The summed E-state index contributed by atoms with van der Waals surface area (Å²) >= 11 is 0. The molecule has 1 amide bonds. The predicted molar refractivity (Wildman–Crippen MR) is 99.2 cm³/mol. The number of rotatable bonds is 10. The first kappa shape index (κ1) is 20.6. The summed E-state index contributed by atoms with van der Waals surface area (Å²) in [5, 5.41) is 3.28. The van der Waals surface area contributed by atoms with Crippen LogP contribution in [0.15, 0.2) is 4.99 Å². The summed E-state index contributed by atoms with van der Waals surface area (Å²) in [7, 11) is 0. The molecule has 0 aromatic rings. The number of nitrogens with one attached hydrogen (secondary N) is 1. The van der Waals surface area contributed by atoms with Crippen molar-refractivity contribution in [2.24, 2.45) is 10.7 Å².